The van der Waals surface area contributed by atoms with E-state index < -0.39 is 11.6 Å². The van der Waals surface area contributed by atoms with Gasteiger partial charge in [0.05, 0.1) is 19.5 Å². The molecule has 0 saturated carbocycles. The molecular formula is C17H17F2NO3S. The molecule has 1 amide bonds. The van der Waals surface area contributed by atoms with Gasteiger partial charge in [0, 0.05) is 16.6 Å². The van der Waals surface area contributed by atoms with Crippen LogP contribution in [0.25, 0.3) is 0 Å². The van der Waals surface area contributed by atoms with Crippen molar-refractivity contribution < 1.29 is 23.0 Å². The fraction of sp³-hybridized carbons (Fsp3) is 0.235. The maximum Gasteiger partial charge on any atom is 0.234 e. The first-order chi connectivity index (χ1) is 11.5. The number of halogens is 2. The van der Waals surface area contributed by atoms with Crippen molar-refractivity contribution in [3.8, 4) is 11.5 Å². The van der Waals surface area contributed by atoms with Gasteiger partial charge < -0.3 is 14.8 Å². The number of carbonyl (C=O) groups is 1. The summed E-state index contributed by atoms with van der Waals surface area (Å²) in [6.07, 6.45) is 0. The van der Waals surface area contributed by atoms with Crippen LogP contribution in [0.3, 0.4) is 0 Å². The van der Waals surface area contributed by atoms with Gasteiger partial charge in [-0.1, -0.05) is 0 Å². The molecular weight excluding hydrogens is 336 g/mol. The van der Waals surface area contributed by atoms with Crippen molar-refractivity contribution in [1.29, 1.82) is 0 Å². The topological polar surface area (TPSA) is 47.6 Å². The third-order valence-electron chi connectivity index (χ3n) is 3.00. The number of ether oxygens (including phenoxy) is 2. The Kier molecular flexibility index (Phi) is 6.43. The second-order valence-electron chi connectivity index (χ2n) is 4.71. The lowest BCUT2D eigenvalue weighted by molar-refractivity contribution is -0.113. The molecule has 24 heavy (non-hydrogen) atoms. The average Bonchev–Trinajstić information content (AvgIpc) is 2.57. The lowest BCUT2D eigenvalue weighted by Crippen LogP contribution is -2.14. The minimum atomic E-state index is -0.558. The number of carbonyl (C=O) groups excluding carboxylic acids is 1. The van der Waals surface area contributed by atoms with Crippen molar-refractivity contribution in [1.82, 2.24) is 0 Å². The normalized spacial score (nSPS) is 10.3. The quantitative estimate of drug-likeness (QED) is 0.761. The molecule has 2 rings (SSSR count). The zero-order valence-corrected chi connectivity index (χ0v) is 14.1. The predicted octanol–water partition coefficient (Wildman–Crippen LogP) is 4.10. The Labute approximate surface area is 143 Å². The van der Waals surface area contributed by atoms with Crippen LogP contribution in [0.4, 0.5) is 14.5 Å². The third-order valence-corrected chi connectivity index (χ3v) is 4.03. The van der Waals surface area contributed by atoms with Gasteiger partial charge >= 0.3 is 0 Å². The highest BCUT2D eigenvalue weighted by molar-refractivity contribution is 8.00. The predicted molar refractivity (Wildman–Crippen MR) is 89.9 cm³/mol. The zero-order chi connectivity index (χ0) is 17.5. The van der Waals surface area contributed by atoms with E-state index in [1.54, 1.807) is 18.2 Å². The number of hydrogen-bond donors (Lipinski definition) is 1. The highest BCUT2D eigenvalue weighted by Gasteiger charge is 2.10. The van der Waals surface area contributed by atoms with E-state index in [1.165, 1.54) is 7.11 Å². The molecule has 0 aliphatic carbocycles. The Hall–Kier alpha value is -2.28. The van der Waals surface area contributed by atoms with Crippen LogP contribution in [0.15, 0.2) is 41.3 Å². The molecule has 2 aromatic carbocycles. The number of benzene rings is 2. The molecule has 128 valence electrons. The van der Waals surface area contributed by atoms with Crippen molar-refractivity contribution >= 4 is 23.4 Å². The molecule has 0 aliphatic heterocycles. The molecule has 0 bridgehead atoms. The summed E-state index contributed by atoms with van der Waals surface area (Å²) in [4.78, 5) is 12.1. The second kappa shape index (κ2) is 8.54. The maximum absolute atomic E-state index is 13.5. The minimum absolute atomic E-state index is 0.0457. The highest BCUT2D eigenvalue weighted by atomic mass is 32.2. The number of amides is 1. The van der Waals surface area contributed by atoms with Crippen LogP contribution in [-0.4, -0.2) is 25.4 Å². The van der Waals surface area contributed by atoms with Crippen LogP contribution >= 0.6 is 11.8 Å². The molecule has 7 heteroatoms. The van der Waals surface area contributed by atoms with Crippen LogP contribution < -0.4 is 14.8 Å². The van der Waals surface area contributed by atoms with E-state index in [0.717, 1.165) is 30.0 Å². The number of rotatable bonds is 7. The summed E-state index contributed by atoms with van der Waals surface area (Å²) >= 11 is 0.927. The smallest absolute Gasteiger partial charge is 0.234 e. The summed E-state index contributed by atoms with van der Waals surface area (Å²) in [5.74, 6) is -0.411. The summed E-state index contributed by atoms with van der Waals surface area (Å²) in [7, 11) is 1.51. The van der Waals surface area contributed by atoms with Crippen molar-refractivity contribution in [3.63, 3.8) is 0 Å². The molecule has 0 radical (unpaired) electrons. The van der Waals surface area contributed by atoms with Crippen molar-refractivity contribution in [2.24, 2.45) is 0 Å². The van der Waals surface area contributed by atoms with E-state index in [-0.39, 0.29) is 16.6 Å². The molecule has 0 aliphatic rings. The van der Waals surface area contributed by atoms with Crippen molar-refractivity contribution in [2.45, 2.75) is 11.8 Å². The standard InChI is InChI=1S/C17H17F2NO3S/c1-3-23-14-7-5-12(9-15(14)22-2)20-17(21)10-24-16-8-11(18)4-6-13(16)19/h4-9H,3,10H2,1-2H3,(H,20,21). The first-order valence-corrected chi connectivity index (χ1v) is 8.20. The average molecular weight is 353 g/mol. The molecule has 0 atom stereocenters. The van der Waals surface area contributed by atoms with E-state index in [4.69, 9.17) is 9.47 Å². The van der Waals surface area contributed by atoms with Gasteiger partial charge in [-0.3, -0.25) is 4.79 Å². The van der Waals surface area contributed by atoms with Gasteiger partial charge in [-0.2, -0.15) is 0 Å². The largest absolute Gasteiger partial charge is 0.493 e. The van der Waals surface area contributed by atoms with E-state index in [9.17, 15) is 13.6 Å². The molecule has 1 N–H and O–H groups in total. The fourth-order valence-corrected chi connectivity index (χ4v) is 2.71. The Morgan fingerprint density at radius 3 is 2.67 bits per heavy atom. The zero-order valence-electron chi connectivity index (χ0n) is 13.3. The van der Waals surface area contributed by atoms with Gasteiger partial charge in [-0.05, 0) is 37.3 Å². The van der Waals surface area contributed by atoms with Crippen LogP contribution in [0.1, 0.15) is 6.92 Å². The van der Waals surface area contributed by atoms with E-state index in [1.807, 2.05) is 6.92 Å². The Morgan fingerprint density at radius 2 is 1.96 bits per heavy atom. The monoisotopic (exact) mass is 353 g/mol. The SMILES string of the molecule is CCOc1ccc(NC(=O)CSc2cc(F)ccc2F)cc1OC. The van der Waals surface area contributed by atoms with Gasteiger partial charge in [0.25, 0.3) is 0 Å². The number of nitrogens with one attached hydrogen (secondary N) is 1. The first kappa shape index (κ1) is 18.1. The Balaban J connectivity index is 1.98. The highest BCUT2D eigenvalue weighted by Crippen LogP contribution is 2.30. The maximum atomic E-state index is 13.5. The molecule has 0 spiro atoms. The number of anilines is 1. The van der Waals surface area contributed by atoms with Crippen LogP contribution in [-0.2, 0) is 4.79 Å². The number of thioether (sulfide) groups is 1. The van der Waals surface area contributed by atoms with Gasteiger partial charge in [-0.15, -0.1) is 11.8 Å². The van der Waals surface area contributed by atoms with Crippen LogP contribution in [0.2, 0.25) is 0 Å². The van der Waals surface area contributed by atoms with E-state index >= 15 is 0 Å². The van der Waals surface area contributed by atoms with Crippen LogP contribution in [0, 0.1) is 11.6 Å². The summed E-state index contributed by atoms with van der Waals surface area (Å²) in [5.41, 5.74) is 0.528. The fourth-order valence-electron chi connectivity index (χ4n) is 1.95. The second-order valence-corrected chi connectivity index (χ2v) is 5.73. The molecule has 4 nitrogen and oxygen atoms in total. The summed E-state index contributed by atoms with van der Waals surface area (Å²) in [6.45, 7) is 2.36. The summed E-state index contributed by atoms with van der Waals surface area (Å²) in [6, 6.07) is 8.14. The molecule has 0 saturated heterocycles. The Bertz CT molecular complexity index is 725. The van der Waals surface area contributed by atoms with Crippen molar-refractivity contribution in [2.75, 3.05) is 24.8 Å². The molecule has 0 aromatic heterocycles. The lowest BCUT2D eigenvalue weighted by Gasteiger charge is -2.11. The van der Waals surface area contributed by atoms with Gasteiger partial charge in [0.1, 0.15) is 11.6 Å². The van der Waals surface area contributed by atoms with E-state index in [2.05, 4.69) is 5.32 Å². The third kappa shape index (κ3) is 4.86. The first-order valence-electron chi connectivity index (χ1n) is 7.22. The molecule has 0 fully saturated rings. The Morgan fingerprint density at radius 1 is 1.17 bits per heavy atom. The molecule has 0 heterocycles. The lowest BCUT2D eigenvalue weighted by atomic mass is 10.2. The molecule has 2 aromatic rings. The molecule has 0 unspecified atom stereocenters. The minimum Gasteiger partial charge on any atom is -0.493 e. The van der Waals surface area contributed by atoms with Gasteiger partial charge in [0.2, 0.25) is 5.91 Å². The van der Waals surface area contributed by atoms with E-state index in [0.29, 0.717) is 23.8 Å². The number of hydrogen-bond acceptors (Lipinski definition) is 4. The summed E-state index contributed by atoms with van der Waals surface area (Å²) in [5, 5.41) is 2.68. The van der Waals surface area contributed by atoms with Gasteiger partial charge in [0.15, 0.2) is 11.5 Å². The summed E-state index contributed by atoms with van der Waals surface area (Å²) < 4.78 is 37.2. The van der Waals surface area contributed by atoms with Crippen molar-refractivity contribution in [3.05, 3.63) is 48.0 Å². The number of methoxy groups -OCH3 is 1. The van der Waals surface area contributed by atoms with Gasteiger partial charge in [-0.25, -0.2) is 8.78 Å². The van der Waals surface area contributed by atoms with Crippen LogP contribution in [0.5, 0.6) is 11.5 Å².